The number of rotatable bonds is 6. The molecule has 0 unspecified atom stereocenters. The molecule has 0 atom stereocenters. The van der Waals surface area contributed by atoms with Gasteiger partial charge in [0.2, 0.25) is 5.91 Å². The van der Waals surface area contributed by atoms with E-state index in [1.165, 1.54) is 4.90 Å². The van der Waals surface area contributed by atoms with Crippen LogP contribution in [0.3, 0.4) is 0 Å². The summed E-state index contributed by atoms with van der Waals surface area (Å²) in [6.45, 7) is 5.68. The second kappa shape index (κ2) is 10.5. The topological polar surface area (TPSA) is 69.9 Å². The Morgan fingerprint density at radius 3 is 2.62 bits per heavy atom. The molecule has 1 amide bonds. The standard InChI is InChI=1S/C14H24N4O2.HI/c1-11(2)8-15-14(17-10-13(19)18(3)4)16-9-12-6-5-7-20-12;/h5-7,11H,8-10H2,1-4H3,(H2,15,16,17);1H. The first kappa shape index (κ1) is 19.8. The Bertz CT molecular complexity index is 430. The molecular weight excluding hydrogens is 383 g/mol. The molecule has 1 heterocycles. The van der Waals surface area contributed by atoms with E-state index in [1.54, 1.807) is 20.4 Å². The first-order valence-electron chi connectivity index (χ1n) is 6.73. The Kier molecular flexibility index (Phi) is 9.85. The highest BCUT2D eigenvalue weighted by Crippen LogP contribution is 1.98. The van der Waals surface area contributed by atoms with E-state index < -0.39 is 0 Å². The first-order valence-corrected chi connectivity index (χ1v) is 6.73. The van der Waals surface area contributed by atoms with E-state index >= 15 is 0 Å². The molecule has 0 radical (unpaired) electrons. The van der Waals surface area contributed by atoms with Gasteiger partial charge in [-0.15, -0.1) is 24.0 Å². The van der Waals surface area contributed by atoms with E-state index in [-0.39, 0.29) is 36.4 Å². The van der Waals surface area contributed by atoms with Crippen LogP contribution in [-0.2, 0) is 11.3 Å². The van der Waals surface area contributed by atoms with Gasteiger partial charge in [0.1, 0.15) is 12.3 Å². The number of carbonyl (C=O) groups is 1. The maximum atomic E-state index is 11.6. The van der Waals surface area contributed by atoms with Gasteiger partial charge >= 0.3 is 0 Å². The monoisotopic (exact) mass is 408 g/mol. The molecule has 0 saturated carbocycles. The molecule has 2 N–H and O–H groups in total. The van der Waals surface area contributed by atoms with Crippen molar-refractivity contribution in [2.45, 2.75) is 20.4 Å². The third kappa shape index (κ3) is 8.59. The molecule has 0 aliphatic carbocycles. The van der Waals surface area contributed by atoms with Gasteiger partial charge in [-0.1, -0.05) is 13.8 Å². The summed E-state index contributed by atoms with van der Waals surface area (Å²) in [5.41, 5.74) is 0. The van der Waals surface area contributed by atoms with Crippen molar-refractivity contribution < 1.29 is 9.21 Å². The number of likely N-dealkylation sites (N-methyl/N-ethyl adjacent to an activating group) is 1. The van der Waals surface area contributed by atoms with Crippen LogP contribution < -0.4 is 10.6 Å². The number of aliphatic imine (C=N–C) groups is 1. The number of nitrogens with one attached hydrogen (secondary N) is 2. The van der Waals surface area contributed by atoms with Gasteiger partial charge in [0.25, 0.3) is 0 Å². The molecule has 7 heteroatoms. The van der Waals surface area contributed by atoms with Crippen LogP contribution in [0.25, 0.3) is 0 Å². The summed E-state index contributed by atoms with van der Waals surface area (Å²) in [6.07, 6.45) is 1.63. The zero-order valence-corrected chi connectivity index (χ0v) is 15.4. The lowest BCUT2D eigenvalue weighted by atomic mass is 10.2. The summed E-state index contributed by atoms with van der Waals surface area (Å²) in [5.74, 6) is 1.90. The van der Waals surface area contributed by atoms with Gasteiger partial charge in [-0.2, -0.15) is 0 Å². The van der Waals surface area contributed by atoms with Gasteiger partial charge in [0, 0.05) is 20.6 Å². The van der Waals surface area contributed by atoms with Crippen LogP contribution in [0.1, 0.15) is 19.6 Å². The Morgan fingerprint density at radius 1 is 1.38 bits per heavy atom. The Hall–Kier alpha value is -1.25. The molecule has 0 aliphatic rings. The molecule has 1 rings (SSSR count). The predicted octanol–water partition coefficient (Wildman–Crippen LogP) is 1.68. The molecule has 0 saturated heterocycles. The molecule has 0 fully saturated rings. The zero-order chi connectivity index (χ0) is 15.0. The number of nitrogens with zero attached hydrogens (tertiary/aromatic N) is 2. The van der Waals surface area contributed by atoms with Gasteiger partial charge in [-0.25, -0.2) is 4.99 Å². The molecule has 1 aromatic heterocycles. The summed E-state index contributed by atoms with van der Waals surface area (Å²) >= 11 is 0. The molecular formula is C14H25IN4O2. The van der Waals surface area contributed by atoms with Crippen molar-refractivity contribution in [2.75, 3.05) is 27.2 Å². The summed E-state index contributed by atoms with van der Waals surface area (Å²) in [6, 6.07) is 3.73. The van der Waals surface area contributed by atoms with Crippen molar-refractivity contribution in [1.82, 2.24) is 15.5 Å². The number of halogens is 1. The molecule has 120 valence electrons. The van der Waals surface area contributed by atoms with E-state index in [9.17, 15) is 4.79 Å². The highest BCUT2D eigenvalue weighted by atomic mass is 127. The normalized spacial score (nSPS) is 11.0. The smallest absolute Gasteiger partial charge is 0.243 e. The molecule has 21 heavy (non-hydrogen) atoms. The fraction of sp³-hybridized carbons (Fsp3) is 0.571. The summed E-state index contributed by atoms with van der Waals surface area (Å²) in [4.78, 5) is 17.4. The van der Waals surface area contributed by atoms with E-state index in [0.29, 0.717) is 18.4 Å². The quantitative estimate of drug-likeness (QED) is 0.427. The maximum Gasteiger partial charge on any atom is 0.243 e. The third-order valence-corrected chi connectivity index (χ3v) is 2.56. The lowest BCUT2D eigenvalue weighted by Gasteiger charge is -2.14. The number of furan rings is 1. The summed E-state index contributed by atoms with van der Waals surface area (Å²) in [7, 11) is 3.44. The van der Waals surface area contributed by atoms with Gasteiger partial charge in [0.05, 0.1) is 12.8 Å². The van der Waals surface area contributed by atoms with Crippen molar-refractivity contribution in [3.05, 3.63) is 24.2 Å². The Labute approximate surface area is 143 Å². The minimum Gasteiger partial charge on any atom is -0.467 e. The first-order chi connectivity index (χ1) is 9.49. The van der Waals surface area contributed by atoms with Crippen LogP contribution in [-0.4, -0.2) is 44.0 Å². The highest BCUT2D eigenvalue weighted by Gasteiger charge is 2.05. The fourth-order valence-electron chi connectivity index (χ4n) is 1.35. The molecule has 0 spiro atoms. The predicted molar refractivity (Wildman–Crippen MR) is 94.8 cm³/mol. The average molecular weight is 408 g/mol. The van der Waals surface area contributed by atoms with Crippen LogP contribution in [0.2, 0.25) is 0 Å². The number of guanidine groups is 1. The minimum absolute atomic E-state index is 0. The Morgan fingerprint density at radius 2 is 2.10 bits per heavy atom. The fourth-order valence-corrected chi connectivity index (χ4v) is 1.35. The van der Waals surface area contributed by atoms with Gasteiger partial charge in [0.15, 0.2) is 5.96 Å². The van der Waals surface area contributed by atoms with Crippen molar-refractivity contribution in [3.63, 3.8) is 0 Å². The van der Waals surface area contributed by atoms with Gasteiger partial charge < -0.3 is 20.0 Å². The van der Waals surface area contributed by atoms with Crippen molar-refractivity contribution in [3.8, 4) is 0 Å². The molecule has 1 aromatic rings. The van der Waals surface area contributed by atoms with Crippen molar-refractivity contribution in [1.29, 1.82) is 0 Å². The average Bonchev–Trinajstić information content (AvgIpc) is 2.90. The third-order valence-electron chi connectivity index (χ3n) is 2.56. The summed E-state index contributed by atoms with van der Waals surface area (Å²) < 4.78 is 5.25. The summed E-state index contributed by atoms with van der Waals surface area (Å²) in [5, 5.41) is 6.35. The van der Waals surface area contributed by atoms with Crippen molar-refractivity contribution in [2.24, 2.45) is 10.9 Å². The van der Waals surface area contributed by atoms with Crippen LogP contribution in [0.5, 0.6) is 0 Å². The minimum atomic E-state index is -0.0337. The highest BCUT2D eigenvalue weighted by molar-refractivity contribution is 14.0. The number of amides is 1. The number of hydrogen-bond acceptors (Lipinski definition) is 3. The largest absolute Gasteiger partial charge is 0.467 e. The second-order valence-electron chi connectivity index (χ2n) is 5.16. The zero-order valence-electron chi connectivity index (χ0n) is 13.0. The number of carbonyl (C=O) groups excluding carboxylic acids is 1. The molecule has 0 aromatic carbocycles. The Balaban J connectivity index is 0.00000400. The maximum absolute atomic E-state index is 11.6. The van der Waals surface area contributed by atoms with E-state index in [4.69, 9.17) is 4.42 Å². The van der Waals surface area contributed by atoms with Crippen LogP contribution in [0, 0.1) is 5.92 Å². The molecule has 0 aliphatic heterocycles. The van der Waals surface area contributed by atoms with Crippen LogP contribution >= 0.6 is 24.0 Å². The van der Waals surface area contributed by atoms with E-state index in [1.807, 2.05) is 12.1 Å². The second-order valence-corrected chi connectivity index (χ2v) is 5.16. The number of hydrogen-bond donors (Lipinski definition) is 2. The lowest BCUT2D eigenvalue weighted by molar-refractivity contribution is -0.127. The van der Waals surface area contributed by atoms with E-state index in [0.717, 1.165) is 12.3 Å². The van der Waals surface area contributed by atoms with Crippen LogP contribution in [0.4, 0.5) is 0 Å². The molecule has 0 bridgehead atoms. The van der Waals surface area contributed by atoms with E-state index in [2.05, 4.69) is 29.5 Å². The van der Waals surface area contributed by atoms with Gasteiger partial charge in [-0.3, -0.25) is 4.79 Å². The molecule has 6 nitrogen and oxygen atoms in total. The van der Waals surface area contributed by atoms with Gasteiger partial charge in [-0.05, 0) is 18.1 Å². The van der Waals surface area contributed by atoms with Crippen molar-refractivity contribution >= 4 is 35.8 Å². The lowest BCUT2D eigenvalue weighted by Crippen LogP contribution is -2.39. The SMILES string of the molecule is CC(C)CNC(=NCC(=O)N(C)C)NCc1ccco1.I. The van der Waals surface area contributed by atoms with Crippen LogP contribution in [0.15, 0.2) is 27.8 Å².